The lowest BCUT2D eigenvalue weighted by Gasteiger charge is -2.29. The molecule has 0 unspecified atom stereocenters. The molecule has 2 rings (SSSR count). The van der Waals surface area contributed by atoms with Gasteiger partial charge in [-0.1, -0.05) is 0 Å². The summed E-state index contributed by atoms with van der Waals surface area (Å²) < 4.78 is 14.4. The fraction of sp³-hybridized carbons (Fsp3) is 0.267. The molecule has 2 aromatic rings. The number of rotatable bonds is 5. The number of nitrogens with two attached hydrogens (primary N) is 2. The molecule has 0 aliphatic carbocycles. The maximum atomic E-state index is 14.0. The molecule has 122 valence electrons. The zero-order valence-corrected chi connectivity index (χ0v) is 13.0. The summed E-state index contributed by atoms with van der Waals surface area (Å²) >= 11 is 0. The standard InChI is InChI=1S/C15H19FN5O2/c1-21(2,6-4-17)12-8-10(7-11(16)9-12)13-3-5-19-15(14(13)18)20(22)23/h3,5,7-9H,4,6,17-18H2,1-2H3/q+1. The lowest BCUT2D eigenvalue weighted by Crippen LogP contribution is -2.44. The van der Waals surface area contributed by atoms with E-state index in [0.29, 0.717) is 34.4 Å². The van der Waals surface area contributed by atoms with E-state index in [-0.39, 0.29) is 5.69 Å². The van der Waals surface area contributed by atoms with E-state index in [4.69, 9.17) is 11.5 Å². The van der Waals surface area contributed by atoms with E-state index >= 15 is 0 Å². The van der Waals surface area contributed by atoms with Crippen LogP contribution in [0, 0.1) is 15.9 Å². The molecule has 0 aliphatic heterocycles. The van der Waals surface area contributed by atoms with Gasteiger partial charge in [-0.3, -0.25) is 4.48 Å². The first-order valence-corrected chi connectivity index (χ1v) is 6.99. The molecule has 0 saturated carbocycles. The number of hydrogen-bond donors (Lipinski definition) is 2. The van der Waals surface area contributed by atoms with Gasteiger partial charge in [-0.2, -0.15) is 0 Å². The van der Waals surface area contributed by atoms with Gasteiger partial charge in [-0.15, -0.1) is 0 Å². The van der Waals surface area contributed by atoms with Crippen LogP contribution in [-0.4, -0.2) is 37.1 Å². The van der Waals surface area contributed by atoms with Crippen LogP contribution in [0.2, 0.25) is 0 Å². The monoisotopic (exact) mass is 320 g/mol. The zero-order chi connectivity index (χ0) is 17.2. The highest BCUT2D eigenvalue weighted by Crippen LogP contribution is 2.34. The summed E-state index contributed by atoms with van der Waals surface area (Å²) in [4.78, 5) is 13.9. The van der Waals surface area contributed by atoms with Crippen molar-refractivity contribution >= 4 is 17.2 Å². The van der Waals surface area contributed by atoms with Crippen LogP contribution in [0.15, 0.2) is 30.5 Å². The van der Waals surface area contributed by atoms with Crippen LogP contribution in [0.5, 0.6) is 0 Å². The van der Waals surface area contributed by atoms with Crippen molar-refractivity contribution in [2.45, 2.75) is 0 Å². The van der Waals surface area contributed by atoms with Gasteiger partial charge >= 0.3 is 5.82 Å². The second-order valence-electron chi connectivity index (χ2n) is 5.75. The topological polar surface area (TPSA) is 108 Å². The van der Waals surface area contributed by atoms with Crippen molar-refractivity contribution in [3.05, 3.63) is 46.4 Å². The largest absolute Gasteiger partial charge is 0.391 e. The molecule has 8 heteroatoms. The predicted molar refractivity (Wildman–Crippen MR) is 88.3 cm³/mol. The van der Waals surface area contributed by atoms with Crippen molar-refractivity contribution < 1.29 is 9.31 Å². The Hall–Kier alpha value is -2.58. The summed E-state index contributed by atoms with van der Waals surface area (Å²) in [5.74, 6) is -0.886. The molecule has 1 heterocycles. The minimum absolute atomic E-state index is 0.0850. The fourth-order valence-electron chi connectivity index (χ4n) is 2.39. The van der Waals surface area contributed by atoms with Gasteiger partial charge in [0.25, 0.3) is 0 Å². The zero-order valence-electron chi connectivity index (χ0n) is 13.0. The molecular weight excluding hydrogens is 301 g/mol. The van der Waals surface area contributed by atoms with E-state index in [2.05, 4.69) is 4.98 Å². The SMILES string of the molecule is C[N+](C)(CCN)c1cc(F)cc(-c2ccnc([N+](=O)[O-])c2N)c1. The summed E-state index contributed by atoms with van der Waals surface area (Å²) in [7, 11) is 3.81. The Kier molecular flexibility index (Phi) is 4.57. The molecule has 0 atom stereocenters. The molecule has 0 fully saturated rings. The third kappa shape index (κ3) is 3.43. The van der Waals surface area contributed by atoms with Crippen molar-refractivity contribution in [2.75, 3.05) is 32.9 Å². The van der Waals surface area contributed by atoms with Gasteiger partial charge in [0.2, 0.25) is 0 Å². The van der Waals surface area contributed by atoms with Crippen molar-refractivity contribution in [3.8, 4) is 11.1 Å². The predicted octanol–water partition coefficient (Wildman–Crippen LogP) is 1.90. The van der Waals surface area contributed by atoms with E-state index in [1.807, 2.05) is 14.1 Å². The Labute approximate surface area is 133 Å². The highest BCUT2D eigenvalue weighted by molar-refractivity contribution is 5.82. The van der Waals surface area contributed by atoms with Gasteiger partial charge < -0.3 is 21.6 Å². The van der Waals surface area contributed by atoms with Crippen LogP contribution < -0.4 is 16.0 Å². The molecular formula is C15H19FN5O2+. The van der Waals surface area contributed by atoms with Crippen LogP contribution in [-0.2, 0) is 0 Å². The number of halogens is 1. The van der Waals surface area contributed by atoms with Gasteiger partial charge in [0.05, 0.1) is 20.6 Å². The molecule has 0 aliphatic rings. The first-order valence-electron chi connectivity index (χ1n) is 6.99. The lowest BCUT2D eigenvalue weighted by molar-refractivity contribution is -0.388. The number of pyridine rings is 1. The van der Waals surface area contributed by atoms with Crippen LogP contribution in [0.1, 0.15) is 0 Å². The van der Waals surface area contributed by atoms with Crippen LogP contribution in [0.3, 0.4) is 0 Å². The Morgan fingerprint density at radius 2 is 2.04 bits per heavy atom. The Balaban J connectivity index is 2.60. The second kappa shape index (κ2) is 6.27. The smallest absolute Gasteiger partial charge is 0.387 e. The number of quaternary nitrogens is 1. The number of hydrogen-bond acceptors (Lipinski definition) is 5. The van der Waals surface area contributed by atoms with Crippen LogP contribution in [0.4, 0.5) is 21.6 Å². The summed E-state index contributed by atoms with van der Waals surface area (Å²) in [6.07, 6.45) is 1.29. The molecule has 0 spiro atoms. The quantitative estimate of drug-likeness (QED) is 0.497. The number of nitrogens with zero attached hydrogens (tertiary/aromatic N) is 3. The Morgan fingerprint density at radius 1 is 1.35 bits per heavy atom. The summed E-state index contributed by atoms with van der Waals surface area (Å²) in [5, 5.41) is 11.0. The molecule has 7 nitrogen and oxygen atoms in total. The average molecular weight is 320 g/mol. The number of aromatic nitrogens is 1. The molecule has 0 amide bonds. The van der Waals surface area contributed by atoms with Crippen molar-refractivity contribution in [1.82, 2.24) is 9.47 Å². The van der Waals surface area contributed by atoms with E-state index < -0.39 is 16.6 Å². The normalized spacial score (nSPS) is 11.5. The number of anilines is 1. The number of likely N-dealkylation sites (N-methyl/N-ethyl adjacent to an activating group) is 1. The highest BCUT2D eigenvalue weighted by Gasteiger charge is 2.22. The molecule has 1 aromatic carbocycles. The van der Waals surface area contributed by atoms with Crippen molar-refractivity contribution in [3.63, 3.8) is 0 Å². The third-order valence-corrected chi connectivity index (χ3v) is 3.72. The fourth-order valence-corrected chi connectivity index (χ4v) is 2.39. The van der Waals surface area contributed by atoms with Gasteiger partial charge in [0.15, 0.2) is 0 Å². The number of nitro groups is 1. The van der Waals surface area contributed by atoms with Crippen molar-refractivity contribution in [2.24, 2.45) is 5.73 Å². The lowest BCUT2D eigenvalue weighted by atomic mass is 10.0. The first-order chi connectivity index (χ1) is 10.8. The maximum Gasteiger partial charge on any atom is 0.387 e. The molecule has 4 N–H and O–H groups in total. The van der Waals surface area contributed by atoms with Gasteiger partial charge in [0, 0.05) is 24.2 Å². The van der Waals surface area contributed by atoms with Crippen LogP contribution >= 0.6 is 0 Å². The summed E-state index contributed by atoms with van der Waals surface area (Å²) in [5.41, 5.74) is 12.9. The van der Waals surface area contributed by atoms with E-state index in [0.717, 1.165) is 0 Å². The average Bonchev–Trinajstić information content (AvgIpc) is 2.46. The van der Waals surface area contributed by atoms with Gasteiger partial charge in [-0.05, 0) is 27.6 Å². The van der Waals surface area contributed by atoms with Gasteiger partial charge in [-0.25, -0.2) is 4.39 Å². The number of benzene rings is 1. The molecule has 0 saturated heterocycles. The molecule has 0 radical (unpaired) electrons. The molecule has 1 aromatic heterocycles. The molecule has 23 heavy (non-hydrogen) atoms. The second-order valence-corrected chi connectivity index (χ2v) is 5.75. The maximum absolute atomic E-state index is 14.0. The Bertz CT molecular complexity index is 749. The Morgan fingerprint density at radius 3 is 2.65 bits per heavy atom. The van der Waals surface area contributed by atoms with Crippen molar-refractivity contribution in [1.29, 1.82) is 0 Å². The van der Waals surface area contributed by atoms with E-state index in [1.165, 1.54) is 24.4 Å². The highest BCUT2D eigenvalue weighted by atomic mass is 19.1. The van der Waals surface area contributed by atoms with E-state index in [1.54, 1.807) is 6.07 Å². The first kappa shape index (κ1) is 16.8. The van der Waals surface area contributed by atoms with E-state index in [9.17, 15) is 14.5 Å². The molecule has 0 bridgehead atoms. The van der Waals surface area contributed by atoms with Crippen LogP contribution in [0.25, 0.3) is 11.1 Å². The minimum atomic E-state index is -0.659. The number of nitrogen functional groups attached to an aromatic ring is 1. The summed E-state index contributed by atoms with van der Waals surface area (Å²) in [6.45, 7) is 1.07. The third-order valence-electron chi connectivity index (χ3n) is 3.72. The summed E-state index contributed by atoms with van der Waals surface area (Å²) in [6, 6.07) is 6.00. The minimum Gasteiger partial charge on any atom is -0.391 e. The van der Waals surface area contributed by atoms with Gasteiger partial charge in [0.1, 0.15) is 23.4 Å².